The van der Waals surface area contributed by atoms with Gasteiger partial charge in [0.2, 0.25) is 5.88 Å². The molecule has 0 spiro atoms. The zero-order valence-electron chi connectivity index (χ0n) is 17.5. The predicted molar refractivity (Wildman–Crippen MR) is 106 cm³/mol. The van der Waals surface area contributed by atoms with Gasteiger partial charge >= 0.3 is 18.1 Å². The molecule has 1 aromatic carbocycles. The van der Waals surface area contributed by atoms with Crippen molar-refractivity contribution in [3.63, 3.8) is 0 Å². The average Bonchev–Trinajstić information content (AvgIpc) is 2.73. The number of halogens is 3. The van der Waals surface area contributed by atoms with E-state index in [1.807, 2.05) is 0 Å². The Morgan fingerprint density at radius 3 is 2.41 bits per heavy atom. The van der Waals surface area contributed by atoms with E-state index in [4.69, 9.17) is 19.0 Å². The summed E-state index contributed by atoms with van der Waals surface area (Å²) in [4.78, 5) is 31.9. The molecular formula is C21H21F3N2O6. The minimum absolute atomic E-state index is 0.0940. The van der Waals surface area contributed by atoms with Gasteiger partial charge in [0, 0.05) is 12.3 Å². The predicted octanol–water partition coefficient (Wildman–Crippen LogP) is 4.53. The molecule has 0 aliphatic carbocycles. The van der Waals surface area contributed by atoms with Crippen LogP contribution in [0.15, 0.2) is 47.8 Å². The standard InChI is InChI=1S/C21H21F3N2O6/c1-4-29-19(27)11-13(2)26-32-20(28)14(3)30-16-7-5-6-8-17(16)31-18-10-9-15(12-25-18)21(22,23)24/h5-10,12,14H,4,11H2,1-3H3/b26-13-. The molecular weight excluding hydrogens is 433 g/mol. The first-order valence-electron chi connectivity index (χ1n) is 9.47. The van der Waals surface area contributed by atoms with Crippen molar-refractivity contribution in [1.82, 2.24) is 4.98 Å². The van der Waals surface area contributed by atoms with Gasteiger partial charge in [-0.15, -0.1) is 0 Å². The van der Waals surface area contributed by atoms with Crippen LogP contribution in [0.25, 0.3) is 0 Å². The molecule has 2 aromatic rings. The highest BCUT2D eigenvalue weighted by atomic mass is 19.4. The molecule has 32 heavy (non-hydrogen) atoms. The average molecular weight is 454 g/mol. The molecule has 0 saturated carbocycles. The Labute approximate surface area is 181 Å². The number of rotatable bonds is 9. The van der Waals surface area contributed by atoms with E-state index < -0.39 is 29.8 Å². The zero-order valence-corrected chi connectivity index (χ0v) is 17.5. The topological polar surface area (TPSA) is 96.3 Å². The lowest BCUT2D eigenvalue weighted by Gasteiger charge is -2.15. The lowest BCUT2D eigenvalue weighted by molar-refractivity contribution is -0.151. The van der Waals surface area contributed by atoms with Crippen molar-refractivity contribution in [3.8, 4) is 17.4 Å². The van der Waals surface area contributed by atoms with Crippen molar-refractivity contribution >= 4 is 17.7 Å². The van der Waals surface area contributed by atoms with Crippen molar-refractivity contribution in [2.45, 2.75) is 39.5 Å². The number of hydrogen-bond acceptors (Lipinski definition) is 8. The molecule has 0 amide bonds. The van der Waals surface area contributed by atoms with E-state index in [1.54, 1.807) is 19.1 Å². The summed E-state index contributed by atoms with van der Waals surface area (Å²) in [6.45, 7) is 4.79. The van der Waals surface area contributed by atoms with Crippen LogP contribution < -0.4 is 9.47 Å². The maximum atomic E-state index is 12.7. The van der Waals surface area contributed by atoms with Crippen LogP contribution in [0.3, 0.4) is 0 Å². The summed E-state index contributed by atoms with van der Waals surface area (Å²) in [5.41, 5.74) is -0.675. The molecule has 0 fully saturated rings. The third-order valence-electron chi connectivity index (χ3n) is 3.76. The fraction of sp³-hybridized carbons (Fsp3) is 0.333. The number of para-hydroxylation sites is 2. The minimum Gasteiger partial charge on any atom is -0.475 e. The number of ether oxygens (including phenoxy) is 3. The highest BCUT2D eigenvalue weighted by Crippen LogP contribution is 2.33. The molecule has 1 unspecified atom stereocenters. The van der Waals surface area contributed by atoms with Crippen LogP contribution in [0.2, 0.25) is 0 Å². The Bertz CT molecular complexity index is 961. The summed E-state index contributed by atoms with van der Waals surface area (Å²) < 4.78 is 53.8. The Morgan fingerprint density at radius 2 is 1.81 bits per heavy atom. The molecule has 2 rings (SSSR count). The molecule has 0 bridgehead atoms. The highest BCUT2D eigenvalue weighted by molar-refractivity contribution is 5.97. The van der Waals surface area contributed by atoms with Gasteiger partial charge in [-0.2, -0.15) is 13.2 Å². The van der Waals surface area contributed by atoms with Crippen LogP contribution in [-0.4, -0.2) is 35.3 Å². The fourth-order valence-corrected chi connectivity index (χ4v) is 2.24. The molecule has 0 saturated heterocycles. The van der Waals surface area contributed by atoms with Crippen molar-refractivity contribution in [2.24, 2.45) is 5.16 Å². The number of carbonyl (C=O) groups is 2. The Morgan fingerprint density at radius 1 is 1.12 bits per heavy atom. The summed E-state index contributed by atoms with van der Waals surface area (Å²) in [6, 6.07) is 8.12. The van der Waals surface area contributed by atoms with Crippen LogP contribution >= 0.6 is 0 Å². The fourth-order valence-electron chi connectivity index (χ4n) is 2.24. The summed E-state index contributed by atoms with van der Waals surface area (Å²) in [6.07, 6.45) is -5.11. The Balaban J connectivity index is 2.01. The molecule has 0 N–H and O–H groups in total. The molecule has 0 aliphatic rings. The summed E-state index contributed by atoms with van der Waals surface area (Å²) in [7, 11) is 0. The molecule has 8 nitrogen and oxygen atoms in total. The second-order valence-electron chi connectivity index (χ2n) is 6.41. The number of benzene rings is 1. The maximum Gasteiger partial charge on any atom is 0.417 e. The summed E-state index contributed by atoms with van der Waals surface area (Å²) >= 11 is 0. The van der Waals surface area contributed by atoms with E-state index in [0.29, 0.717) is 6.20 Å². The lowest BCUT2D eigenvalue weighted by atomic mass is 10.3. The van der Waals surface area contributed by atoms with Gasteiger partial charge in [0.25, 0.3) is 0 Å². The molecule has 11 heteroatoms. The van der Waals surface area contributed by atoms with E-state index in [0.717, 1.165) is 12.1 Å². The largest absolute Gasteiger partial charge is 0.475 e. The van der Waals surface area contributed by atoms with Gasteiger partial charge in [-0.1, -0.05) is 17.3 Å². The van der Waals surface area contributed by atoms with Crippen LogP contribution in [-0.2, 0) is 25.3 Å². The number of hydrogen-bond donors (Lipinski definition) is 0. The number of esters is 1. The number of aromatic nitrogens is 1. The third-order valence-corrected chi connectivity index (χ3v) is 3.76. The van der Waals surface area contributed by atoms with Crippen LogP contribution in [0, 0.1) is 0 Å². The molecule has 1 aromatic heterocycles. The molecule has 172 valence electrons. The van der Waals surface area contributed by atoms with Crippen LogP contribution in [0.4, 0.5) is 13.2 Å². The number of carbonyl (C=O) groups excluding carboxylic acids is 2. The second kappa shape index (κ2) is 11.1. The quantitative estimate of drug-likeness (QED) is 0.238. The zero-order chi connectivity index (χ0) is 23.7. The van der Waals surface area contributed by atoms with Crippen molar-refractivity contribution in [2.75, 3.05) is 6.61 Å². The van der Waals surface area contributed by atoms with E-state index in [2.05, 4.69) is 10.1 Å². The first-order valence-corrected chi connectivity index (χ1v) is 9.47. The number of pyridine rings is 1. The first kappa shape index (κ1) is 24.6. The van der Waals surface area contributed by atoms with Gasteiger partial charge in [-0.25, -0.2) is 9.78 Å². The highest BCUT2D eigenvalue weighted by Gasteiger charge is 2.30. The summed E-state index contributed by atoms with van der Waals surface area (Å²) in [5, 5.41) is 3.58. The number of nitrogens with zero attached hydrogens (tertiary/aromatic N) is 2. The van der Waals surface area contributed by atoms with E-state index in [-0.39, 0.29) is 36.1 Å². The first-order chi connectivity index (χ1) is 15.1. The lowest BCUT2D eigenvalue weighted by Crippen LogP contribution is -2.25. The van der Waals surface area contributed by atoms with Gasteiger partial charge in [-0.3, -0.25) is 4.79 Å². The second-order valence-corrected chi connectivity index (χ2v) is 6.41. The SMILES string of the molecule is CCOC(=O)C/C(C)=N\OC(=O)C(C)Oc1ccccc1Oc1ccc(C(F)(F)F)cn1. The Hall–Kier alpha value is -3.63. The van der Waals surface area contributed by atoms with Crippen molar-refractivity contribution in [1.29, 1.82) is 0 Å². The summed E-state index contributed by atoms with van der Waals surface area (Å²) in [5.74, 6) is -1.18. The van der Waals surface area contributed by atoms with Gasteiger partial charge in [-0.05, 0) is 39.0 Å². The maximum absolute atomic E-state index is 12.7. The monoisotopic (exact) mass is 454 g/mol. The number of oxime groups is 1. The number of alkyl halides is 3. The third kappa shape index (κ3) is 7.56. The molecule has 1 heterocycles. The van der Waals surface area contributed by atoms with Gasteiger partial charge in [0.05, 0.1) is 24.3 Å². The van der Waals surface area contributed by atoms with Crippen molar-refractivity contribution in [3.05, 3.63) is 48.2 Å². The Kier molecular flexibility index (Phi) is 8.56. The van der Waals surface area contributed by atoms with Crippen LogP contribution in [0.5, 0.6) is 17.4 Å². The van der Waals surface area contributed by atoms with E-state index in [1.165, 1.54) is 26.0 Å². The smallest absolute Gasteiger partial charge is 0.417 e. The van der Waals surface area contributed by atoms with Gasteiger partial charge < -0.3 is 19.0 Å². The van der Waals surface area contributed by atoms with Crippen LogP contribution in [0.1, 0.15) is 32.8 Å². The molecule has 0 aliphatic heterocycles. The van der Waals surface area contributed by atoms with Crippen molar-refractivity contribution < 1.29 is 41.8 Å². The van der Waals surface area contributed by atoms with E-state index >= 15 is 0 Å². The van der Waals surface area contributed by atoms with Gasteiger partial charge in [0.1, 0.15) is 0 Å². The molecule has 0 radical (unpaired) electrons. The normalized spacial score (nSPS) is 12.6. The van der Waals surface area contributed by atoms with Gasteiger partial charge in [0.15, 0.2) is 17.6 Å². The molecule has 1 atom stereocenters. The minimum atomic E-state index is -4.51. The van der Waals surface area contributed by atoms with E-state index in [9.17, 15) is 22.8 Å².